The molecule has 0 aliphatic carbocycles. The van der Waals surface area contributed by atoms with E-state index in [1.807, 2.05) is 12.1 Å². The zero-order valence-corrected chi connectivity index (χ0v) is 18.7. The second-order valence-electron chi connectivity index (χ2n) is 7.28. The van der Waals surface area contributed by atoms with E-state index >= 15 is 0 Å². The van der Waals surface area contributed by atoms with Crippen molar-refractivity contribution in [3.63, 3.8) is 0 Å². The van der Waals surface area contributed by atoms with Gasteiger partial charge in [-0.25, -0.2) is 0 Å². The van der Waals surface area contributed by atoms with Crippen LogP contribution in [-0.2, 0) is 27.1 Å². The number of carbonyl (C=O) groups excluding carboxylic acids is 1. The van der Waals surface area contributed by atoms with Crippen molar-refractivity contribution in [3.05, 3.63) is 35.4 Å². The highest BCUT2D eigenvalue weighted by Gasteiger charge is 2.32. The summed E-state index contributed by atoms with van der Waals surface area (Å²) in [5.74, 6) is 1.18. The van der Waals surface area contributed by atoms with Gasteiger partial charge in [0.25, 0.3) is 0 Å². The van der Waals surface area contributed by atoms with E-state index in [1.165, 1.54) is 0 Å². The molecule has 4 N–H and O–H groups in total. The highest BCUT2D eigenvalue weighted by atomic mass is 31.2. The van der Waals surface area contributed by atoms with Crippen molar-refractivity contribution in [2.75, 3.05) is 43.7 Å². The van der Waals surface area contributed by atoms with Crippen LogP contribution in [0.1, 0.15) is 24.0 Å². The van der Waals surface area contributed by atoms with Gasteiger partial charge in [0.15, 0.2) is 0 Å². The standard InChI is InChI=1S/C20H27N4O7P/c1-29-9-10-31-20-22-18(21)16-12-17(25)24(19(16)23-20)13-14-4-6-15(7-5-14)30-8-2-3-11-32(26,27)28/h4-7H,2-3,8-13H2,1H3,(H2,21,22,23)(H2,26,27,28). The first-order valence-corrected chi connectivity index (χ1v) is 11.9. The number of amides is 1. The number of anilines is 2. The average molecular weight is 466 g/mol. The number of hydrogen-bond acceptors (Lipinski definition) is 8. The molecule has 0 fully saturated rings. The number of methoxy groups -OCH3 is 1. The van der Waals surface area contributed by atoms with Gasteiger partial charge in [0.05, 0.1) is 26.2 Å². The zero-order chi connectivity index (χ0) is 23.1. The van der Waals surface area contributed by atoms with Gasteiger partial charge in [-0.15, -0.1) is 0 Å². The quantitative estimate of drug-likeness (QED) is 0.309. The van der Waals surface area contributed by atoms with Gasteiger partial charge >= 0.3 is 13.6 Å². The minimum absolute atomic E-state index is 0.0977. The summed E-state index contributed by atoms with van der Waals surface area (Å²) >= 11 is 0. The minimum Gasteiger partial charge on any atom is -0.494 e. The van der Waals surface area contributed by atoms with Gasteiger partial charge in [-0.1, -0.05) is 12.1 Å². The van der Waals surface area contributed by atoms with Crippen molar-refractivity contribution in [3.8, 4) is 11.8 Å². The first-order valence-electron chi connectivity index (χ1n) is 10.1. The number of nitrogen functional groups attached to an aromatic ring is 1. The van der Waals surface area contributed by atoms with Crippen LogP contribution in [0.5, 0.6) is 11.8 Å². The molecule has 1 amide bonds. The fourth-order valence-electron chi connectivity index (χ4n) is 3.15. The molecule has 32 heavy (non-hydrogen) atoms. The number of benzene rings is 1. The summed E-state index contributed by atoms with van der Waals surface area (Å²) in [5.41, 5.74) is 7.47. The third-order valence-corrected chi connectivity index (χ3v) is 5.68. The van der Waals surface area contributed by atoms with Crippen LogP contribution < -0.4 is 20.1 Å². The molecule has 174 valence electrons. The van der Waals surface area contributed by atoms with Gasteiger partial charge < -0.3 is 29.7 Å². The number of ether oxygens (including phenoxy) is 3. The summed E-state index contributed by atoms with van der Waals surface area (Å²) in [4.78, 5) is 40.3. The van der Waals surface area contributed by atoms with Gasteiger partial charge in [0.1, 0.15) is 24.0 Å². The Morgan fingerprint density at radius 2 is 1.84 bits per heavy atom. The molecule has 3 rings (SSSR count). The Balaban J connectivity index is 1.59. The lowest BCUT2D eigenvalue weighted by Crippen LogP contribution is -2.26. The molecule has 2 aromatic rings. The SMILES string of the molecule is COCCOc1nc(N)c2c(n1)N(Cc1ccc(OCCCCP(=O)(O)O)cc1)C(=O)C2. The van der Waals surface area contributed by atoms with Crippen LogP contribution in [0.3, 0.4) is 0 Å². The summed E-state index contributed by atoms with van der Waals surface area (Å²) in [6.45, 7) is 1.31. The molecule has 11 nitrogen and oxygen atoms in total. The first-order chi connectivity index (χ1) is 15.3. The number of carbonyl (C=O) groups is 1. The highest BCUT2D eigenvalue weighted by Crippen LogP contribution is 2.35. The van der Waals surface area contributed by atoms with Crippen molar-refractivity contribution in [1.29, 1.82) is 0 Å². The molecule has 1 aromatic heterocycles. The van der Waals surface area contributed by atoms with E-state index in [0.717, 1.165) is 5.56 Å². The highest BCUT2D eigenvalue weighted by molar-refractivity contribution is 7.51. The monoisotopic (exact) mass is 466 g/mol. The molecule has 0 saturated heterocycles. The number of hydrogen-bond donors (Lipinski definition) is 3. The lowest BCUT2D eigenvalue weighted by molar-refractivity contribution is -0.117. The predicted molar refractivity (Wildman–Crippen MR) is 117 cm³/mol. The Bertz CT molecular complexity index is 981. The molecule has 0 atom stereocenters. The van der Waals surface area contributed by atoms with E-state index < -0.39 is 7.60 Å². The Morgan fingerprint density at radius 1 is 1.09 bits per heavy atom. The van der Waals surface area contributed by atoms with Crippen molar-refractivity contribution < 1.29 is 33.4 Å². The Kier molecular flexibility index (Phi) is 8.03. The van der Waals surface area contributed by atoms with Crippen molar-refractivity contribution in [2.45, 2.75) is 25.8 Å². The predicted octanol–water partition coefficient (Wildman–Crippen LogP) is 1.51. The van der Waals surface area contributed by atoms with Gasteiger partial charge in [0, 0.05) is 18.8 Å². The first kappa shape index (κ1) is 23.9. The minimum atomic E-state index is -3.96. The van der Waals surface area contributed by atoms with Gasteiger partial charge in [-0.2, -0.15) is 9.97 Å². The Morgan fingerprint density at radius 3 is 2.53 bits per heavy atom. The van der Waals surface area contributed by atoms with Crippen molar-refractivity contribution >= 4 is 25.1 Å². The maximum absolute atomic E-state index is 12.6. The maximum Gasteiger partial charge on any atom is 0.325 e. The Hall–Kier alpha value is -2.72. The van der Waals surface area contributed by atoms with Crippen LogP contribution in [-0.4, -0.2) is 58.8 Å². The molecule has 0 saturated carbocycles. The summed E-state index contributed by atoms with van der Waals surface area (Å²) in [7, 11) is -2.40. The van der Waals surface area contributed by atoms with E-state index in [1.54, 1.807) is 24.1 Å². The van der Waals surface area contributed by atoms with Gasteiger partial charge in [-0.3, -0.25) is 14.3 Å². The van der Waals surface area contributed by atoms with E-state index in [4.69, 9.17) is 29.7 Å². The van der Waals surface area contributed by atoms with Crippen LogP contribution >= 0.6 is 7.60 Å². The molecule has 0 radical (unpaired) electrons. The lowest BCUT2D eigenvalue weighted by Gasteiger charge is -2.17. The number of fused-ring (bicyclic) bond motifs is 1. The third-order valence-electron chi connectivity index (χ3n) is 4.78. The zero-order valence-electron chi connectivity index (χ0n) is 17.8. The number of rotatable bonds is 12. The maximum atomic E-state index is 12.6. The van der Waals surface area contributed by atoms with Gasteiger partial charge in [0.2, 0.25) is 5.91 Å². The lowest BCUT2D eigenvalue weighted by atomic mass is 10.2. The Labute approximate surface area is 185 Å². The normalized spacial score (nSPS) is 13.3. The van der Waals surface area contributed by atoms with Crippen LogP contribution in [0.15, 0.2) is 24.3 Å². The molecule has 0 spiro atoms. The van der Waals surface area contributed by atoms with Crippen LogP contribution in [0, 0.1) is 0 Å². The smallest absolute Gasteiger partial charge is 0.325 e. The largest absolute Gasteiger partial charge is 0.494 e. The average Bonchev–Trinajstić information content (AvgIpc) is 3.04. The van der Waals surface area contributed by atoms with Crippen molar-refractivity contribution in [2.24, 2.45) is 0 Å². The van der Waals surface area contributed by atoms with Crippen LogP contribution in [0.25, 0.3) is 0 Å². The fourth-order valence-corrected chi connectivity index (χ4v) is 3.79. The molecule has 12 heteroatoms. The van der Waals surface area contributed by atoms with Crippen molar-refractivity contribution in [1.82, 2.24) is 9.97 Å². The summed E-state index contributed by atoms with van der Waals surface area (Å²) in [6.07, 6.45) is 0.923. The van der Waals surface area contributed by atoms with E-state index in [0.29, 0.717) is 49.7 Å². The number of nitrogens with two attached hydrogens (primary N) is 1. The molecule has 1 aromatic carbocycles. The molecule has 0 unspecified atom stereocenters. The molecular weight excluding hydrogens is 439 g/mol. The molecule has 0 bridgehead atoms. The number of aromatic nitrogens is 2. The van der Waals surface area contributed by atoms with Crippen LogP contribution in [0.4, 0.5) is 11.6 Å². The molecular formula is C20H27N4O7P. The summed E-state index contributed by atoms with van der Waals surface area (Å²) < 4.78 is 26.8. The van der Waals surface area contributed by atoms with Crippen LogP contribution in [0.2, 0.25) is 0 Å². The molecule has 1 aliphatic rings. The summed E-state index contributed by atoms with van der Waals surface area (Å²) in [5, 5.41) is 0. The van der Waals surface area contributed by atoms with E-state index in [-0.39, 0.29) is 36.9 Å². The second kappa shape index (κ2) is 10.7. The number of nitrogens with zero attached hydrogens (tertiary/aromatic N) is 3. The third kappa shape index (κ3) is 6.64. The summed E-state index contributed by atoms with van der Waals surface area (Å²) in [6, 6.07) is 7.36. The van der Waals surface area contributed by atoms with E-state index in [2.05, 4.69) is 9.97 Å². The number of unbranched alkanes of at least 4 members (excludes halogenated alkanes) is 1. The van der Waals surface area contributed by atoms with E-state index in [9.17, 15) is 9.36 Å². The molecule has 2 heterocycles. The second-order valence-corrected chi connectivity index (χ2v) is 9.06. The van der Waals surface area contributed by atoms with Gasteiger partial charge in [-0.05, 0) is 30.5 Å². The topological polar surface area (TPSA) is 157 Å². The molecule has 1 aliphatic heterocycles. The fraction of sp³-hybridized carbons (Fsp3) is 0.450.